The molecule has 21 heavy (non-hydrogen) atoms. The van der Waals surface area contributed by atoms with Crippen LogP contribution in [0, 0.1) is 0 Å². The molecule has 2 rings (SSSR count). The lowest BCUT2D eigenvalue weighted by Crippen LogP contribution is -2.15. The molecule has 4 nitrogen and oxygen atoms in total. The van der Waals surface area contributed by atoms with Crippen LogP contribution in [0.25, 0.3) is 0 Å². The molecule has 0 atom stereocenters. The van der Waals surface area contributed by atoms with Gasteiger partial charge in [-0.3, -0.25) is 4.79 Å². The number of anilines is 1. The summed E-state index contributed by atoms with van der Waals surface area (Å²) < 4.78 is 0. The van der Waals surface area contributed by atoms with Gasteiger partial charge in [0.2, 0.25) is 0 Å². The summed E-state index contributed by atoms with van der Waals surface area (Å²) in [5.74, 6) is -1.76. The van der Waals surface area contributed by atoms with Gasteiger partial charge in [0.25, 0.3) is 5.91 Å². The second kappa shape index (κ2) is 6.35. The number of amides is 1. The number of carboxylic acid groups (broad SMARTS) is 1. The molecule has 2 N–H and O–H groups in total. The average molecular weight is 345 g/mol. The van der Waals surface area contributed by atoms with Gasteiger partial charge in [0, 0.05) is 5.02 Å². The summed E-state index contributed by atoms with van der Waals surface area (Å²) in [6.45, 7) is 0. The molecule has 0 unspecified atom stereocenters. The molecule has 0 heterocycles. The topological polar surface area (TPSA) is 66.4 Å². The molecule has 0 fully saturated rings. The molecule has 0 radical (unpaired) electrons. The van der Waals surface area contributed by atoms with E-state index in [0.29, 0.717) is 5.02 Å². The van der Waals surface area contributed by atoms with Crippen LogP contribution in [0.2, 0.25) is 15.1 Å². The molecule has 7 heteroatoms. The van der Waals surface area contributed by atoms with E-state index in [0.717, 1.165) is 0 Å². The molecule has 1 amide bonds. The molecule has 0 aliphatic carbocycles. The normalized spacial score (nSPS) is 10.2. The first-order valence-electron chi connectivity index (χ1n) is 5.68. The van der Waals surface area contributed by atoms with Crippen LogP contribution < -0.4 is 5.32 Å². The highest BCUT2D eigenvalue weighted by Crippen LogP contribution is 2.27. The molecule has 2 aromatic carbocycles. The van der Waals surface area contributed by atoms with Gasteiger partial charge in [-0.05, 0) is 30.3 Å². The van der Waals surface area contributed by atoms with E-state index in [4.69, 9.17) is 39.9 Å². The number of carboxylic acids is 1. The number of carbonyl (C=O) groups excluding carboxylic acids is 1. The monoisotopic (exact) mass is 343 g/mol. The van der Waals surface area contributed by atoms with E-state index in [1.807, 2.05) is 0 Å². The van der Waals surface area contributed by atoms with Crippen LogP contribution >= 0.6 is 34.8 Å². The van der Waals surface area contributed by atoms with Crippen molar-refractivity contribution < 1.29 is 14.7 Å². The SMILES string of the molecule is O=C(O)c1ccc(Cl)cc1NC(=O)c1cccc(Cl)c1Cl. The van der Waals surface area contributed by atoms with Crippen molar-refractivity contribution in [1.82, 2.24) is 0 Å². The molecular formula is C14H8Cl3NO3. The second-order valence-corrected chi connectivity index (χ2v) is 5.27. The van der Waals surface area contributed by atoms with Crippen LogP contribution in [0.4, 0.5) is 5.69 Å². The van der Waals surface area contributed by atoms with Crippen LogP contribution in [0.5, 0.6) is 0 Å². The Morgan fingerprint density at radius 2 is 1.71 bits per heavy atom. The number of rotatable bonds is 3. The second-order valence-electron chi connectivity index (χ2n) is 4.05. The minimum absolute atomic E-state index is 0.0779. The van der Waals surface area contributed by atoms with Gasteiger partial charge in [0.1, 0.15) is 0 Å². The van der Waals surface area contributed by atoms with Gasteiger partial charge in [-0.15, -0.1) is 0 Å². The third-order valence-corrected chi connectivity index (χ3v) is 3.71. The van der Waals surface area contributed by atoms with Crippen molar-refractivity contribution in [3.63, 3.8) is 0 Å². The minimum atomic E-state index is -1.18. The molecule has 0 aromatic heterocycles. The van der Waals surface area contributed by atoms with Gasteiger partial charge < -0.3 is 10.4 Å². The predicted molar refractivity (Wildman–Crippen MR) is 82.8 cm³/mol. The zero-order valence-electron chi connectivity index (χ0n) is 10.4. The molecule has 0 aliphatic rings. The Balaban J connectivity index is 2.38. The third-order valence-electron chi connectivity index (χ3n) is 2.66. The summed E-state index contributed by atoms with van der Waals surface area (Å²) in [5.41, 5.74) is 0.141. The van der Waals surface area contributed by atoms with Gasteiger partial charge in [-0.2, -0.15) is 0 Å². The zero-order valence-corrected chi connectivity index (χ0v) is 12.6. The lowest BCUT2D eigenvalue weighted by Gasteiger charge is -2.10. The summed E-state index contributed by atoms with van der Waals surface area (Å²) in [6.07, 6.45) is 0. The van der Waals surface area contributed by atoms with Crippen molar-refractivity contribution >= 4 is 52.4 Å². The van der Waals surface area contributed by atoms with Gasteiger partial charge in [-0.1, -0.05) is 40.9 Å². The third kappa shape index (κ3) is 3.47. The van der Waals surface area contributed by atoms with E-state index in [1.54, 1.807) is 12.1 Å². The van der Waals surface area contributed by atoms with Crippen molar-refractivity contribution in [3.05, 3.63) is 62.6 Å². The van der Waals surface area contributed by atoms with Crippen molar-refractivity contribution in [2.24, 2.45) is 0 Å². The van der Waals surface area contributed by atoms with E-state index in [2.05, 4.69) is 5.32 Å². The fourth-order valence-electron chi connectivity index (χ4n) is 1.68. The predicted octanol–water partition coefficient (Wildman–Crippen LogP) is 4.60. The maximum absolute atomic E-state index is 12.2. The number of aromatic carboxylic acids is 1. The lowest BCUT2D eigenvalue weighted by molar-refractivity contribution is 0.0698. The van der Waals surface area contributed by atoms with E-state index in [1.165, 1.54) is 24.3 Å². The molecule has 0 aliphatic heterocycles. The Kier molecular flexibility index (Phi) is 4.73. The molecular weight excluding hydrogens is 337 g/mol. The van der Waals surface area contributed by atoms with Crippen molar-refractivity contribution in [1.29, 1.82) is 0 Å². The summed E-state index contributed by atoms with van der Waals surface area (Å²) >= 11 is 17.6. The molecule has 2 aromatic rings. The highest BCUT2D eigenvalue weighted by Gasteiger charge is 2.17. The quantitative estimate of drug-likeness (QED) is 0.855. The summed E-state index contributed by atoms with van der Waals surface area (Å²) in [5, 5.41) is 12.2. The minimum Gasteiger partial charge on any atom is -0.478 e. The zero-order chi connectivity index (χ0) is 15.6. The summed E-state index contributed by atoms with van der Waals surface area (Å²) in [4.78, 5) is 23.3. The fraction of sp³-hybridized carbons (Fsp3) is 0. The van der Waals surface area contributed by atoms with E-state index < -0.39 is 11.9 Å². The van der Waals surface area contributed by atoms with Crippen LogP contribution in [0.1, 0.15) is 20.7 Å². The van der Waals surface area contributed by atoms with Crippen molar-refractivity contribution in [2.75, 3.05) is 5.32 Å². The Labute approximate surface area is 135 Å². The number of halogens is 3. The smallest absolute Gasteiger partial charge is 0.337 e. The number of benzene rings is 2. The first kappa shape index (κ1) is 15.6. The standard InChI is InChI=1S/C14H8Cl3NO3/c15-7-4-5-8(14(20)21)11(6-7)18-13(19)9-2-1-3-10(16)12(9)17/h1-6H,(H,18,19)(H,20,21). The maximum atomic E-state index is 12.2. The summed E-state index contributed by atoms with van der Waals surface area (Å²) in [6, 6.07) is 8.67. The van der Waals surface area contributed by atoms with Crippen LogP contribution in [-0.4, -0.2) is 17.0 Å². The number of carbonyl (C=O) groups is 2. The Morgan fingerprint density at radius 3 is 2.38 bits per heavy atom. The first-order valence-corrected chi connectivity index (χ1v) is 6.81. The molecule has 0 bridgehead atoms. The van der Waals surface area contributed by atoms with Crippen molar-refractivity contribution in [3.8, 4) is 0 Å². The Bertz CT molecular complexity index is 731. The Hall–Kier alpha value is -1.75. The lowest BCUT2D eigenvalue weighted by atomic mass is 10.1. The Morgan fingerprint density at radius 1 is 1.00 bits per heavy atom. The fourth-order valence-corrected chi connectivity index (χ4v) is 2.23. The molecule has 0 saturated heterocycles. The number of hydrogen-bond donors (Lipinski definition) is 2. The summed E-state index contributed by atoms with van der Waals surface area (Å²) in [7, 11) is 0. The van der Waals surface area contributed by atoms with Gasteiger partial charge in [0.15, 0.2) is 0 Å². The van der Waals surface area contributed by atoms with Crippen LogP contribution in [0.3, 0.4) is 0 Å². The van der Waals surface area contributed by atoms with Crippen LogP contribution in [-0.2, 0) is 0 Å². The highest BCUT2D eigenvalue weighted by atomic mass is 35.5. The highest BCUT2D eigenvalue weighted by molar-refractivity contribution is 6.44. The molecule has 0 spiro atoms. The van der Waals surface area contributed by atoms with Gasteiger partial charge in [-0.25, -0.2) is 4.79 Å². The molecule has 0 saturated carbocycles. The van der Waals surface area contributed by atoms with Crippen LogP contribution in [0.15, 0.2) is 36.4 Å². The number of nitrogens with one attached hydrogen (secondary N) is 1. The van der Waals surface area contributed by atoms with E-state index in [-0.39, 0.29) is 26.9 Å². The van der Waals surface area contributed by atoms with E-state index in [9.17, 15) is 9.59 Å². The van der Waals surface area contributed by atoms with E-state index >= 15 is 0 Å². The first-order chi connectivity index (χ1) is 9.90. The molecule has 108 valence electrons. The van der Waals surface area contributed by atoms with Gasteiger partial charge in [0.05, 0.1) is 26.9 Å². The van der Waals surface area contributed by atoms with Crippen molar-refractivity contribution in [2.45, 2.75) is 0 Å². The number of hydrogen-bond acceptors (Lipinski definition) is 2. The van der Waals surface area contributed by atoms with Gasteiger partial charge >= 0.3 is 5.97 Å². The largest absolute Gasteiger partial charge is 0.478 e. The maximum Gasteiger partial charge on any atom is 0.337 e. The average Bonchev–Trinajstić information content (AvgIpc) is 2.41.